The number of hydrogen-bond acceptors (Lipinski definition) is 4. The molecular formula is C13H13N3OS2. The van der Waals surface area contributed by atoms with Gasteiger partial charge in [0.25, 0.3) is 0 Å². The Morgan fingerprint density at radius 3 is 3.00 bits per heavy atom. The minimum absolute atomic E-state index is 0.685. The van der Waals surface area contributed by atoms with Crippen molar-refractivity contribution in [3.8, 4) is 5.75 Å². The summed E-state index contributed by atoms with van der Waals surface area (Å²) in [4.78, 5) is 7.69. The van der Waals surface area contributed by atoms with Crippen LogP contribution in [0.4, 0.5) is 0 Å². The number of H-pyrrole nitrogens is 1. The number of nitrogens with zero attached hydrogens (tertiary/aromatic N) is 2. The maximum absolute atomic E-state index is 5.38. The zero-order valence-electron chi connectivity index (χ0n) is 10.6. The molecule has 2 aromatic heterocycles. The minimum Gasteiger partial charge on any atom is -0.497 e. The molecule has 1 N–H and O–H groups in total. The normalized spacial score (nSPS) is 11.1. The Morgan fingerprint density at radius 2 is 2.32 bits per heavy atom. The van der Waals surface area contributed by atoms with Crippen LogP contribution in [0.25, 0.3) is 11.0 Å². The second kappa shape index (κ2) is 4.79. The van der Waals surface area contributed by atoms with E-state index in [4.69, 9.17) is 17.0 Å². The Hall–Kier alpha value is -1.66. The molecule has 2 heterocycles. The van der Waals surface area contributed by atoms with Crippen molar-refractivity contribution in [2.45, 2.75) is 13.5 Å². The first-order valence-electron chi connectivity index (χ1n) is 5.85. The summed E-state index contributed by atoms with van der Waals surface area (Å²) in [6.45, 7) is 2.68. The van der Waals surface area contributed by atoms with Crippen LogP contribution in [0, 0.1) is 11.7 Å². The standard InChI is InChI=1S/C13H13N3OS2/c1-8-7-19-12(14-8)6-16-11-5-9(17-2)3-4-10(11)15-13(16)18/h3-5,7H,6H2,1-2H3,(H,15,18). The molecule has 0 amide bonds. The molecule has 3 rings (SSSR count). The first kappa shape index (κ1) is 12.4. The number of nitrogens with one attached hydrogen (secondary N) is 1. The Balaban J connectivity index is 2.11. The Kier molecular flexibility index (Phi) is 3.12. The predicted octanol–water partition coefficient (Wildman–Crippen LogP) is 3.52. The minimum atomic E-state index is 0.685. The molecule has 0 aliphatic heterocycles. The molecule has 0 aliphatic rings. The second-order valence-electron chi connectivity index (χ2n) is 4.28. The highest BCUT2D eigenvalue weighted by Crippen LogP contribution is 2.22. The van der Waals surface area contributed by atoms with Crippen LogP contribution in [0.5, 0.6) is 5.75 Å². The van der Waals surface area contributed by atoms with Crippen molar-refractivity contribution in [3.05, 3.63) is 39.1 Å². The van der Waals surface area contributed by atoms with Crippen molar-refractivity contribution >= 4 is 34.6 Å². The molecule has 3 aromatic rings. The van der Waals surface area contributed by atoms with Gasteiger partial charge in [-0.25, -0.2) is 4.98 Å². The number of ether oxygens (including phenoxy) is 1. The summed E-state index contributed by atoms with van der Waals surface area (Å²) in [5, 5.41) is 3.10. The lowest BCUT2D eigenvalue weighted by molar-refractivity contribution is 0.415. The maximum atomic E-state index is 5.38. The van der Waals surface area contributed by atoms with Gasteiger partial charge in [-0.05, 0) is 31.3 Å². The molecular weight excluding hydrogens is 278 g/mol. The molecule has 0 unspecified atom stereocenters. The van der Waals surface area contributed by atoms with E-state index in [1.165, 1.54) is 0 Å². The zero-order valence-corrected chi connectivity index (χ0v) is 12.3. The van der Waals surface area contributed by atoms with Gasteiger partial charge in [-0.15, -0.1) is 11.3 Å². The summed E-state index contributed by atoms with van der Waals surface area (Å²) in [5.74, 6) is 0.825. The molecule has 4 nitrogen and oxygen atoms in total. The van der Waals surface area contributed by atoms with Gasteiger partial charge in [0.1, 0.15) is 10.8 Å². The van der Waals surface area contributed by atoms with Gasteiger partial charge in [-0.2, -0.15) is 0 Å². The Morgan fingerprint density at radius 1 is 1.47 bits per heavy atom. The third-order valence-electron chi connectivity index (χ3n) is 2.94. The number of thiazole rings is 1. The lowest BCUT2D eigenvalue weighted by Gasteiger charge is -2.03. The number of imidazole rings is 1. The second-order valence-corrected chi connectivity index (χ2v) is 5.61. The molecule has 0 bridgehead atoms. The summed E-state index contributed by atoms with van der Waals surface area (Å²) in [6, 6.07) is 5.89. The fourth-order valence-corrected chi connectivity index (χ4v) is 3.06. The van der Waals surface area contributed by atoms with Crippen LogP contribution >= 0.6 is 23.6 Å². The number of aryl methyl sites for hydroxylation is 1. The molecule has 6 heteroatoms. The summed E-state index contributed by atoms with van der Waals surface area (Å²) < 4.78 is 8.02. The van der Waals surface area contributed by atoms with E-state index in [1.54, 1.807) is 18.4 Å². The highest BCUT2D eigenvalue weighted by Gasteiger charge is 2.08. The number of rotatable bonds is 3. The van der Waals surface area contributed by atoms with E-state index in [1.807, 2.05) is 35.1 Å². The van der Waals surface area contributed by atoms with Gasteiger partial charge in [-0.1, -0.05) is 0 Å². The van der Waals surface area contributed by atoms with Crippen LogP contribution in [0.2, 0.25) is 0 Å². The van der Waals surface area contributed by atoms with Crippen LogP contribution in [0.15, 0.2) is 23.6 Å². The zero-order chi connectivity index (χ0) is 13.4. The third kappa shape index (κ3) is 2.29. The molecule has 0 fully saturated rings. The van der Waals surface area contributed by atoms with E-state index in [0.29, 0.717) is 11.3 Å². The number of hydrogen-bond donors (Lipinski definition) is 1. The quantitative estimate of drug-likeness (QED) is 0.751. The predicted molar refractivity (Wildman–Crippen MR) is 79.6 cm³/mol. The van der Waals surface area contributed by atoms with Gasteiger partial charge in [0.15, 0.2) is 4.77 Å². The smallest absolute Gasteiger partial charge is 0.178 e. The van der Waals surface area contributed by atoms with Crippen molar-refractivity contribution in [3.63, 3.8) is 0 Å². The summed E-state index contributed by atoms with van der Waals surface area (Å²) in [7, 11) is 1.66. The van der Waals surface area contributed by atoms with Crippen molar-refractivity contribution < 1.29 is 4.74 Å². The summed E-state index contributed by atoms with van der Waals surface area (Å²) in [5.41, 5.74) is 3.10. The molecule has 0 saturated heterocycles. The maximum Gasteiger partial charge on any atom is 0.178 e. The average Bonchev–Trinajstić information content (AvgIpc) is 2.94. The van der Waals surface area contributed by atoms with Crippen molar-refractivity contribution in [1.29, 1.82) is 0 Å². The van der Waals surface area contributed by atoms with E-state index in [0.717, 1.165) is 27.5 Å². The van der Waals surface area contributed by atoms with Gasteiger partial charge >= 0.3 is 0 Å². The fraction of sp³-hybridized carbons (Fsp3) is 0.231. The van der Waals surface area contributed by atoms with Gasteiger partial charge in [0.2, 0.25) is 0 Å². The van der Waals surface area contributed by atoms with E-state index in [2.05, 4.69) is 9.97 Å². The lowest BCUT2D eigenvalue weighted by atomic mass is 10.3. The van der Waals surface area contributed by atoms with Crippen LogP contribution in [0.3, 0.4) is 0 Å². The topological polar surface area (TPSA) is 42.8 Å². The molecule has 0 aliphatic carbocycles. The molecule has 0 saturated carbocycles. The monoisotopic (exact) mass is 291 g/mol. The lowest BCUT2D eigenvalue weighted by Crippen LogP contribution is -1.99. The van der Waals surface area contributed by atoms with E-state index in [9.17, 15) is 0 Å². The van der Waals surface area contributed by atoms with E-state index in [-0.39, 0.29) is 0 Å². The van der Waals surface area contributed by atoms with Crippen LogP contribution in [-0.2, 0) is 6.54 Å². The van der Waals surface area contributed by atoms with Gasteiger partial charge in [0, 0.05) is 17.1 Å². The number of aromatic amines is 1. The van der Waals surface area contributed by atoms with Crippen LogP contribution in [0.1, 0.15) is 10.7 Å². The first-order chi connectivity index (χ1) is 9.17. The molecule has 0 atom stereocenters. The number of fused-ring (bicyclic) bond motifs is 1. The SMILES string of the molecule is COc1ccc2[nH]c(=S)n(Cc3nc(C)cs3)c2c1. The summed E-state index contributed by atoms with van der Waals surface area (Å²) >= 11 is 7.03. The van der Waals surface area contributed by atoms with Crippen LogP contribution < -0.4 is 4.74 Å². The number of benzene rings is 1. The highest BCUT2D eigenvalue weighted by atomic mass is 32.1. The Bertz CT molecular complexity index is 785. The summed E-state index contributed by atoms with van der Waals surface area (Å²) in [6.07, 6.45) is 0. The van der Waals surface area contributed by atoms with Crippen molar-refractivity contribution in [2.75, 3.05) is 7.11 Å². The number of aromatic nitrogens is 3. The molecule has 19 heavy (non-hydrogen) atoms. The molecule has 98 valence electrons. The molecule has 0 spiro atoms. The molecule has 0 radical (unpaired) electrons. The average molecular weight is 291 g/mol. The third-order valence-corrected chi connectivity index (χ3v) is 4.22. The van der Waals surface area contributed by atoms with Crippen LogP contribution in [-0.4, -0.2) is 21.6 Å². The van der Waals surface area contributed by atoms with Crippen molar-refractivity contribution in [1.82, 2.24) is 14.5 Å². The molecule has 1 aromatic carbocycles. The van der Waals surface area contributed by atoms with Gasteiger partial charge in [0.05, 0.1) is 24.7 Å². The van der Waals surface area contributed by atoms with Gasteiger partial charge < -0.3 is 14.3 Å². The van der Waals surface area contributed by atoms with Crippen molar-refractivity contribution in [2.24, 2.45) is 0 Å². The number of methoxy groups -OCH3 is 1. The van der Waals surface area contributed by atoms with Gasteiger partial charge in [-0.3, -0.25) is 0 Å². The Labute approximate surface area is 119 Å². The first-order valence-corrected chi connectivity index (χ1v) is 7.14. The van der Waals surface area contributed by atoms with E-state index < -0.39 is 0 Å². The van der Waals surface area contributed by atoms with E-state index >= 15 is 0 Å². The largest absolute Gasteiger partial charge is 0.497 e. The highest BCUT2D eigenvalue weighted by molar-refractivity contribution is 7.71. The fourth-order valence-electron chi connectivity index (χ4n) is 2.03.